The number of carbonyl (C=O) groups excluding carboxylic acids is 2. The van der Waals surface area contributed by atoms with Crippen molar-refractivity contribution < 1.29 is 19.4 Å². The van der Waals surface area contributed by atoms with E-state index < -0.39 is 5.92 Å². The highest BCUT2D eigenvalue weighted by atomic mass is 35.5. The Morgan fingerprint density at radius 1 is 0.921 bits per heavy atom. The number of methoxy groups -OCH3 is 1. The fraction of sp³-hybridized carbons (Fsp3) is 0.438. The van der Waals surface area contributed by atoms with Gasteiger partial charge in [0, 0.05) is 47.8 Å². The van der Waals surface area contributed by atoms with Crippen LogP contribution in [0.4, 0.5) is 0 Å². The molecule has 0 aromatic heterocycles. The Labute approximate surface area is 230 Å². The number of rotatable bonds is 5. The first kappa shape index (κ1) is 26.6. The molecule has 6 heteroatoms. The van der Waals surface area contributed by atoms with E-state index in [1.165, 1.54) is 12.7 Å². The SMILES string of the molecule is COc1cc(C2C3=C(CC(C)(C)CC3=O)N(CCc3ccccc3)C3=C2C(=O)CC(C)(C)C3)cc(Cl)c1O. The summed E-state index contributed by atoms with van der Waals surface area (Å²) in [6.45, 7) is 9.25. The standard InChI is InChI=1S/C32H36ClNO4/c1-31(2)15-22-28(24(35)17-31)27(20-13-21(33)30(37)26(14-20)38-5)29-23(16-32(3,4)18-25(29)36)34(22)12-11-19-9-7-6-8-10-19/h6-10,13-14,27,37H,11-12,15-18H2,1-5H3. The summed E-state index contributed by atoms with van der Waals surface area (Å²) in [5.74, 6) is -0.312. The predicted molar refractivity (Wildman–Crippen MR) is 149 cm³/mol. The molecule has 0 saturated carbocycles. The van der Waals surface area contributed by atoms with Crippen molar-refractivity contribution >= 4 is 23.2 Å². The van der Waals surface area contributed by atoms with Gasteiger partial charge >= 0.3 is 0 Å². The van der Waals surface area contributed by atoms with Gasteiger partial charge in [0.05, 0.1) is 12.1 Å². The van der Waals surface area contributed by atoms with E-state index in [4.69, 9.17) is 16.3 Å². The number of ether oxygens (including phenoxy) is 1. The molecule has 0 unspecified atom stereocenters. The van der Waals surface area contributed by atoms with Gasteiger partial charge in [-0.25, -0.2) is 0 Å². The summed E-state index contributed by atoms with van der Waals surface area (Å²) in [6.07, 6.45) is 3.13. The minimum Gasteiger partial charge on any atom is -0.503 e. The summed E-state index contributed by atoms with van der Waals surface area (Å²) in [6, 6.07) is 13.7. The molecule has 1 N–H and O–H groups in total. The van der Waals surface area contributed by atoms with Crippen LogP contribution in [-0.2, 0) is 16.0 Å². The number of nitrogens with zero attached hydrogens (tertiary/aromatic N) is 1. The predicted octanol–water partition coefficient (Wildman–Crippen LogP) is 6.98. The van der Waals surface area contributed by atoms with E-state index in [0.717, 1.165) is 30.7 Å². The molecule has 5 nitrogen and oxygen atoms in total. The van der Waals surface area contributed by atoms with E-state index in [2.05, 4.69) is 44.7 Å². The second-order valence-corrected chi connectivity index (χ2v) is 12.9. The third-order valence-electron chi connectivity index (χ3n) is 8.09. The molecule has 0 atom stereocenters. The van der Waals surface area contributed by atoms with Crippen molar-refractivity contribution in [2.45, 2.75) is 65.7 Å². The number of phenols is 1. The maximum Gasteiger partial charge on any atom is 0.176 e. The topological polar surface area (TPSA) is 66.8 Å². The second-order valence-electron chi connectivity index (χ2n) is 12.5. The monoisotopic (exact) mass is 533 g/mol. The average Bonchev–Trinajstić information content (AvgIpc) is 2.83. The molecule has 2 aromatic carbocycles. The third-order valence-corrected chi connectivity index (χ3v) is 8.38. The Morgan fingerprint density at radius 3 is 2.00 bits per heavy atom. The van der Waals surface area contributed by atoms with Gasteiger partial charge < -0.3 is 14.7 Å². The van der Waals surface area contributed by atoms with E-state index in [1.54, 1.807) is 12.1 Å². The molecule has 0 saturated heterocycles. The maximum absolute atomic E-state index is 13.9. The Kier molecular flexibility index (Phi) is 6.71. The van der Waals surface area contributed by atoms with Gasteiger partial charge in [-0.15, -0.1) is 0 Å². The fourth-order valence-corrected chi connectivity index (χ4v) is 6.67. The van der Waals surface area contributed by atoms with Gasteiger partial charge in [-0.2, -0.15) is 0 Å². The second kappa shape index (κ2) is 9.60. The molecule has 200 valence electrons. The summed E-state index contributed by atoms with van der Waals surface area (Å²) in [4.78, 5) is 30.2. The van der Waals surface area contributed by atoms with Crippen LogP contribution >= 0.6 is 11.6 Å². The minimum absolute atomic E-state index is 0.0679. The van der Waals surface area contributed by atoms with Crippen LogP contribution in [0.25, 0.3) is 0 Å². The van der Waals surface area contributed by atoms with Crippen molar-refractivity contribution in [1.29, 1.82) is 0 Å². The largest absolute Gasteiger partial charge is 0.503 e. The summed E-state index contributed by atoms with van der Waals surface area (Å²) >= 11 is 6.43. The molecule has 0 spiro atoms. The Hall–Kier alpha value is -3.05. The van der Waals surface area contributed by atoms with E-state index in [9.17, 15) is 14.7 Å². The number of benzene rings is 2. The first-order chi connectivity index (χ1) is 17.9. The number of halogens is 1. The lowest BCUT2D eigenvalue weighted by molar-refractivity contribution is -0.119. The molecule has 1 aliphatic heterocycles. The summed E-state index contributed by atoms with van der Waals surface area (Å²) < 4.78 is 5.41. The first-order valence-electron chi connectivity index (χ1n) is 13.3. The zero-order valence-electron chi connectivity index (χ0n) is 22.9. The first-order valence-corrected chi connectivity index (χ1v) is 13.7. The van der Waals surface area contributed by atoms with Gasteiger partial charge in [-0.05, 0) is 53.4 Å². The van der Waals surface area contributed by atoms with Crippen molar-refractivity contribution in [2.24, 2.45) is 10.8 Å². The van der Waals surface area contributed by atoms with E-state index >= 15 is 0 Å². The van der Waals surface area contributed by atoms with Gasteiger partial charge in [0.15, 0.2) is 23.1 Å². The van der Waals surface area contributed by atoms with E-state index in [1.807, 2.05) is 18.2 Å². The van der Waals surface area contributed by atoms with Crippen LogP contribution in [0, 0.1) is 10.8 Å². The molecule has 0 fully saturated rings. The number of hydrogen-bond acceptors (Lipinski definition) is 5. The third kappa shape index (κ3) is 4.77. The highest BCUT2D eigenvalue weighted by Gasteiger charge is 2.49. The number of aromatic hydroxyl groups is 1. The van der Waals surface area contributed by atoms with Crippen molar-refractivity contribution in [2.75, 3.05) is 13.7 Å². The lowest BCUT2D eigenvalue weighted by Gasteiger charge is -2.49. The number of Topliss-reactive ketones (excluding diaryl/α,β-unsaturated/α-hetero) is 2. The zero-order valence-corrected chi connectivity index (χ0v) is 23.6. The molecule has 2 aromatic rings. The maximum atomic E-state index is 13.9. The van der Waals surface area contributed by atoms with Crippen molar-refractivity contribution in [1.82, 2.24) is 4.90 Å². The number of ketones is 2. The van der Waals surface area contributed by atoms with Crippen LogP contribution in [0.2, 0.25) is 5.02 Å². The Balaban J connectivity index is 1.73. The highest BCUT2D eigenvalue weighted by Crippen LogP contribution is 2.55. The molecular formula is C32H36ClNO4. The van der Waals surface area contributed by atoms with E-state index in [0.29, 0.717) is 36.1 Å². The molecule has 2 aliphatic carbocycles. The lowest BCUT2D eigenvalue weighted by Crippen LogP contribution is -2.45. The van der Waals surface area contributed by atoms with Crippen LogP contribution < -0.4 is 4.74 Å². The lowest BCUT2D eigenvalue weighted by atomic mass is 9.63. The summed E-state index contributed by atoms with van der Waals surface area (Å²) in [5.41, 5.74) is 4.94. The van der Waals surface area contributed by atoms with Crippen molar-refractivity contribution in [3.8, 4) is 11.5 Å². The number of hydrogen-bond donors (Lipinski definition) is 1. The Bertz CT molecular complexity index is 1320. The molecule has 38 heavy (non-hydrogen) atoms. The molecule has 0 radical (unpaired) electrons. The molecule has 3 aliphatic rings. The Morgan fingerprint density at radius 2 is 1.47 bits per heavy atom. The average molecular weight is 534 g/mol. The van der Waals surface area contributed by atoms with Crippen molar-refractivity contribution in [3.63, 3.8) is 0 Å². The number of allylic oxidation sites excluding steroid dienone is 4. The fourth-order valence-electron chi connectivity index (χ4n) is 6.45. The molecule has 0 amide bonds. The smallest absolute Gasteiger partial charge is 0.176 e. The van der Waals surface area contributed by atoms with Crippen LogP contribution in [0.15, 0.2) is 65.0 Å². The van der Waals surface area contributed by atoms with E-state index in [-0.39, 0.29) is 38.9 Å². The van der Waals surface area contributed by atoms with Crippen LogP contribution in [-0.4, -0.2) is 35.2 Å². The minimum atomic E-state index is -0.535. The molecular weight excluding hydrogens is 498 g/mol. The van der Waals surface area contributed by atoms with Gasteiger partial charge in [0.2, 0.25) is 0 Å². The van der Waals surface area contributed by atoms with Gasteiger partial charge in [-0.3, -0.25) is 9.59 Å². The summed E-state index contributed by atoms with van der Waals surface area (Å²) in [7, 11) is 1.47. The quantitative estimate of drug-likeness (QED) is 0.449. The number of phenolic OH excluding ortho intramolecular Hbond substituents is 1. The normalized spacial score (nSPS) is 20.9. The van der Waals surface area contributed by atoms with Gasteiger partial charge in [0.1, 0.15) is 0 Å². The highest BCUT2D eigenvalue weighted by molar-refractivity contribution is 6.32. The zero-order chi connectivity index (χ0) is 27.4. The van der Waals surface area contributed by atoms with Crippen molar-refractivity contribution in [3.05, 3.63) is 81.2 Å². The number of carbonyl (C=O) groups is 2. The van der Waals surface area contributed by atoms with Crippen LogP contribution in [0.3, 0.4) is 0 Å². The molecule has 0 bridgehead atoms. The van der Waals surface area contributed by atoms with Gasteiger partial charge in [-0.1, -0.05) is 69.6 Å². The summed E-state index contributed by atoms with van der Waals surface area (Å²) in [5, 5.41) is 10.6. The van der Waals surface area contributed by atoms with Crippen LogP contribution in [0.5, 0.6) is 11.5 Å². The van der Waals surface area contributed by atoms with Gasteiger partial charge in [0.25, 0.3) is 0 Å². The molecule has 1 heterocycles. The van der Waals surface area contributed by atoms with Crippen LogP contribution in [0.1, 0.15) is 70.4 Å². The molecule has 5 rings (SSSR count).